The molecule has 1 fully saturated rings. The van der Waals surface area contributed by atoms with Gasteiger partial charge in [0.2, 0.25) is 11.8 Å². The lowest BCUT2D eigenvalue weighted by molar-refractivity contribution is -0.147. The Hall–Kier alpha value is -1.58. The van der Waals surface area contributed by atoms with E-state index < -0.39 is 0 Å². The molecule has 1 aromatic heterocycles. The lowest BCUT2D eigenvalue weighted by Gasteiger charge is -2.24. The van der Waals surface area contributed by atoms with E-state index in [4.69, 9.17) is 4.42 Å². The molecule has 0 unspecified atom stereocenters. The molecule has 0 aliphatic carbocycles. The number of furan rings is 1. The zero-order valence-electron chi connectivity index (χ0n) is 9.36. The normalized spacial score (nSPS) is 16.9. The van der Waals surface area contributed by atoms with Gasteiger partial charge < -0.3 is 4.42 Å². The van der Waals surface area contributed by atoms with Crippen LogP contribution in [0.1, 0.15) is 30.6 Å². The van der Waals surface area contributed by atoms with E-state index in [9.17, 15) is 9.59 Å². The van der Waals surface area contributed by atoms with Crippen LogP contribution in [0.5, 0.6) is 0 Å². The van der Waals surface area contributed by atoms with Gasteiger partial charge in [0.1, 0.15) is 5.76 Å². The van der Waals surface area contributed by atoms with Gasteiger partial charge in [-0.05, 0) is 31.4 Å². The number of nitrogens with zero attached hydrogens (tertiary/aromatic N) is 1. The summed E-state index contributed by atoms with van der Waals surface area (Å²) in [5, 5.41) is 0. The van der Waals surface area contributed by atoms with Crippen LogP contribution in [0.25, 0.3) is 0 Å². The second-order valence-electron chi connectivity index (χ2n) is 4.11. The highest BCUT2D eigenvalue weighted by Gasteiger charge is 2.25. The molecule has 1 saturated heterocycles. The third-order valence-corrected chi connectivity index (χ3v) is 2.79. The second-order valence-corrected chi connectivity index (χ2v) is 4.11. The molecule has 0 bridgehead atoms. The molecule has 0 atom stereocenters. The van der Waals surface area contributed by atoms with Crippen molar-refractivity contribution in [2.45, 2.75) is 32.6 Å². The van der Waals surface area contributed by atoms with Crippen LogP contribution in [0.15, 0.2) is 16.7 Å². The number of likely N-dealkylation sites (tertiary alicyclic amines) is 1. The summed E-state index contributed by atoms with van der Waals surface area (Å²) in [5.41, 5.74) is 1.03. The Morgan fingerprint density at radius 1 is 1.31 bits per heavy atom. The molecule has 2 heterocycles. The van der Waals surface area contributed by atoms with E-state index in [2.05, 4.69) is 0 Å². The van der Waals surface area contributed by atoms with E-state index in [-0.39, 0.29) is 11.8 Å². The van der Waals surface area contributed by atoms with Crippen molar-refractivity contribution < 1.29 is 14.0 Å². The van der Waals surface area contributed by atoms with Gasteiger partial charge >= 0.3 is 0 Å². The van der Waals surface area contributed by atoms with Crippen molar-refractivity contribution in [3.05, 3.63) is 23.7 Å². The molecule has 4 heteroatoms. The number of carbonyl (C=O) groups is 2. The first kappa shape index (κ1) is 10.9. The summed E-state index contributed by atoms with van der Waals surface area (Å²) in [6.07, 6.45) is 4.04. The number of aryl methyl sites for hydroxylation is 1. The van der Waals surface area contributed by atoms with Crippen molar-refractivity contribution in [1.82, 2.24) is 4.90 Å². The summed E-state index contributed by atoms with van der Waals surface area (Å²) in [6.45, 7) is 2.34. The van der Waals surface area contributed by atoms with Crippen LogP contribution in [0.2, 0.25) is 0 Å². The molecule has 0 N–H and O–H groups in total. The fraction of sp³-hybridized carbons (Fsp3) is 0.500. The molecule has 0 aromatic carbocycles. The van der Waals surface area contributed by atoms with Crippen molar-refractivity contribution in [3.63, 3.8) is 0 Å². The highest BCUT2D eigenvalue weighted by atomic mass is 16.3. The Morgan fingerprint density at radius 2 is 2.00 bits per heavy atom. The van der Waals surface area contributed by atoms with Crippen LogP contribution in [0, 0.1) is 6.92 Å². The molecule has 0 spiro atoms. The maximum Gasteiger partial charge on any atom is 0.229 e. The van der Waals surface area contributed by atoms with E-state index in [1.807, 2.05) is 13.0 Å². The molecule has 0 radical (unpaired) electrons. The van der Waals surface area contributed by atoms with Crippen molar-refractivity contribution in [2.75, 3.05) is 6.54 Å². The van der Waals surface area contributed by atoms with Crippen molar-refractivity contribution in [2.24, 2.45) is 0 Å². The minimum absolute atomic E-state index is 0.0449. The van der Waals surface area contributed by atoms with Crippen LogP contribution < -0.4 is 0 Å². The molecular formula is C12H15NO3. The van der Waals surface area contributed by atoms with Crippen molar-refractivity contribution in [3.8, 4) is 0 Å². The second kappa shape index (κ2) is 4.51. The molecular weight excluding hydrogens is 206 g/mol. The van der Waals surface area contributed by atoms with E-state index in [0.717, 1.165) is 11.3 Å². The molecule has 1 aromatic rings. The van der Waals surface area contributed by atoms with Crippen LogP contribution in [0.3, 0.4) is 0 Å². The monoisotopic (exact) mass is 221 g/mol. The summed E-state index contributed by atoms with van der Waals surface area (Å²) in [5.74, 6) is 0.763. The number of piperidine rings is 1. The Morgan fingerprint density at radius 3 is 2.56 bits per heavy atom. The standard InChI is InChI=1S/C12H15NO3/c1-9-7-10(8-16-9)5-6-13-11(14)3-2-4-12(13)15/h7-8H,2-6H2,1H3. The average Bonchev–Trinajstić information content (AvgIpc) is 2.63. The molecule has 2 rings (SSSR count). The minimum atomic E-state index is -0.0449. The maximum absolute atomic E-state index is 11.5. The van der Waals surface area contributed by atoms with Gasteiger partial charge in [0.05, 0.1) is 6.26 Å². The zero-order valence-corrected chi connectivity index (χ0v) is 9.36. The van der Waals surface area contributed by atoms with Crippen LogP contribution in [-0.2, 0) is 16.0 Å². The molecule has 4 nitrogen and oxygen atoms in total. The number of carbonyl (C=O) groups excluding carboxylic acids is 2. The molecule has 16 heavy (non-hydrogen) atoms. The van der Waals surface area contributed by atoms with E-state index in [0.29, 0.717) is 32.2 Å². The minimum Gasteiger partial charge on any atom is -0.469 e. The summed E-state index contributed by atoms with van der Waals surface area (Å²) < 4.78 is 5.17. The van der Waals surface area contributed by atoms with Gasteiger partial charge in [-0.25, -0.2) is 0 Å². The third kappa shape index (κ3) is 2.32. The highest BCUT2D eigenvalue weighted by molar-refractivity contribution is 5.97. The molecule has 86 valence electrons. The average molecular weight is 221 g/mol. The number of hydrogen-bond acceptors (Lipinski definition) is 3. The summed E-state index contributed by atoms with van der Waals surface area (Å²) in [6, 6.07) is 1.93. The lowest BCUT2D eigenvalue weighted by atomic mass is 10.1. The quantitative estimate of drug-likeness (QED) is 0.729. The van der Waals surface area contributed by atoms with E-state index >= 15 is 0 Å². The third-order valence-electron chi connectivity index (χ3n) is 2.79. The summed E-state index contributed by atoms with van der Waals surface area (Å²) in [7, 11) is 0. The first-order valence-electron chi connectivity index (χ1n) is 5.54. The highest BCUT2D eigenvalue weighted by Crippen LogP contribution is 2.14. The van der Waals surface area contributed by atoms with Gasteiger partial charge in [-0.15, -0.1) is 0 Å². The predicted molar refractivity (Wildman–Crippen MR) is 57.7 cm³/mol. The number of rotatable bonds is 3. The Balaban J connectivity index is 1.93. The van der Waals surface area contributed by atoms with Gasteiger partial charge in [-0.2, -0.15) is 0 Å². The predicted octanol–water partition coefficient (Wildman–Crippen LogP) is 1.67. The number of amides is 2. The van der Waals surface area contributed by atoms with Gasteiger partial charge in [0.25, 0.3) is 0 Å². The molecule has 1 aliphatic rings. The Labute approximate surface area is 94.2 Å². The number of imide groups is 1. The fourth-order valence-electron chi connectivity index (χ4n) is 1.92. The summed E-state index contributed by atoms with van der Waals surface area (Å²) >= 11 is 0. The van der Waals surface area contributed by atoms with Crippen LogP contribution >= 0.6 is 0 Å². The zero-order chi connectivity index (χ0) is 11.5. The largest absolute Gasteiger partial charge is 0.469 e. The van der Waals surface area contributed by atoms with Gasteiger partial charge in [-0.3, -0.25) is 14.5 Å². The van der Waals surface area contributed by atoms with Crippen LogP contribution in [-0.4, -0.2) is 23.3 Å². The van der Waals surface area contributed by atoms with E-state index in [1.54, 1.807) is 6.26 Å². The Bertz CT molecular complexity index is 392. The van der Waals surface area contributed by atoms with Crippen molar-refractivity contribution >= 4 is 11.8 Å². The summed E-state index contributed by atoms with van der Waals surface area (Å²) in [4.78, 5) is 24.4. The topological polar surface area (TPSA) is 50.5 Å². The smallest absolute Gasteiger partial charge is 0.229 e. The SMILES string of the molecule is Cc1cc(CCN2C(=O)CCCC2=O)co1. The van der Waals surface area contributed by atoms with Gasteiger partial charge in [0.15, 0.2) is 0 Å². The van der Waals surface area contributed by atoms with E-state index in [1.165, 1.54) is 4.90 Å². The number of hydrogen-bond donors (Lipinski definition) is 0. The molecule has 2 amide bonds. The van der Waals surface area contributed by atoms with Gasteiger partial charge in [0, 0.05) is 19.4 Å². The van der Waals surface area contributed by atoms with Crippen LogP contribution in [0.4, 0.5) is 0 Å². The van der Waals surface area contributed by atoms with Gasteiger partial charge in [-0.1, -0.05) is 0 Å². The molecule has 1 aliphatic heterocycles. The van der Waals surface area contributed by atoms with Crippen molar-refractivity contribution in [1.29, 1.82) is 0 Å². The Kier molecular flexibility index (Phi) is 3.08. The first-order chi connectivity index (χ1) is 7.66. The maximum atomic E-state index is 11.5. The fourth-order valence-corrected chi connectivity index (χ4v) is 1.92. The lowest BCUT2D eigenvalue weighted by Crippen LogP contribution is -2.41. The molecule has 0 saturated carbocycles. The first-order valence-corrected chi connectivity index (χ1v) is 5.54.